The summed E-state index contributed by atoms with van der Waals surface area (Å²) < 4.78 is 0. The molecule has 13 heavy (non-hydrogen) atoms. The van der Waals surface area contributed by atoms with Crippen LogP contribution in [0.25, 0.3) is 0 Å². The van der Waals surface area contributed by atoms with Crippen LogP contribution in [0.4, 0.5) is 0 Å². The number of benzene rings is 1. The first-order valence-corrected chi connectivity index (χ1v) is 5.06. The fourth-order valence-electron chi connectivity index (χ4n) is 2.39. The van der Waals surface area contributed by atoms with Gasteiger partial charge < -0.3 is 0 Å². The van der Waals surface area contributed by atoms with Crippen molar-refractivity contribution in [1.29, 1.82) is 0 Å². The molecule has 3 atom stereocenters. The maximum Gasteiger partial charge on any atom is -0.00622 e. The number of hydrogen-bond acceptors (Lipinski definition) is 0. The van der Waals surface area contributed by atoms with Gasteiger partial charge in [0.1, 0.15) is 0 Å². The van der Waals surface area contributed by atoms with Gasteiger partial charge in [-0.1, -0.05) is 49.8 Å². The Labute approximate surface area is 80.3 Å². The Balaban J connectivity index is 2.16. The normalized spacial score (nSPS) is 31.3. The summed E-state index contributed by atoms with van der Waals surface area (Å²) in [6.45, 7) is 6.16. The Morgan fingerprint density at radius 2 is 2.00 bits per heavy atom. The van der Waals surface area contributed by atoms with E-state index in [0.29, 0.717) is 0 Å². The standard InChI is InChI=1S/C13H16/c1-3-11-12(4-2)13(11)10-8-6-5-7-9-10/h3,5-9,11-13H,1,4H2,2H3. The number of hydrogen-bond donors (Lipinski definition) is 0. The molecular weight excluding hydrogens is 156 g/mol. The van der Waals surface area contributed by atoms with Crippen molar-refractivity contribution in [2.45, 2.75) is 19.3 Å². The highest BCUT2D eigenvalue weighted by Gasteiger charge is 2.46. The van der Waals surface area contributed by atoms with Gasteiger partial charge in [0.05, 0.1) is 0 Å². The van der Waals surface area contributed by atoms with Gasteiger partial charge in [-0.2, -0.15) is 0 Å². The summed E-state index contributed by atoms with van der Waals surface area (Å²) in [6.07, 6.45) is 3.39. The van der Waals surface area contributed by atoms with Crippen LogP contribution >= 0.6 is 0 Å². The minimum Gasteiger partial charge on any atom is -0.103 e. The van der Waals surface area contributed by atoms with Gasteiger partial charge in [-0.25, -0.2) is 0 Å². The van der Waals surface area contributed by atoms with Crippen LogP contribution in [0, 0.1) is 11.8 Å². The molecular formula is C13H16. The second-order valence-corrected chi connectivity index (χ2v) is 3.82. The predicted molar refractivity (Wildman–Crippen MR) is 56.7 cm³/mol. The summed E-state index contributed by atoms with van der Waals surface area (Å²) >= 11 is 0. The van der Waals surface area contributed by atoms with Gasteiger partial charge in [0, 0.05) is 0 Å². The van der Waals surface area contributed by atoms with Crippen molar-refractivity contribution in [3.63, 3.8) is 0 Å². The molecule has 1 aromatic rings. The van der Waals surface area contributed by atoms with Gasteiger partial charge in [0.15, 0.2) is 0 Å². The summed E-state index contributed by atoms with van der Waals surface area (Å²) in [5.41, 5.74) is 1.49. The van der Waals surface area contributed by atoms with Crippen LogP contribution in [-0.4, -0.2) is 0 Å². The Morgan fingerprint density at radius 1 is 1.31 bits per heavy atom. The van der Waals surface area contributed by atoms with Crippen LogP contribution in [0.15, 0.2) is 43.0 Å². The first-order valence-electron chi connectivity index (χ1n) is 5.06. The van der Waals surface area contributed by atoms with Crippen molar-refractivity contribution < 1.29 is 0 Å². The van der Waals surface area contributed by atoms with E-state index in [-0.39, 0.29) is 0 Å². The van der Waals surface area contributed by atoms with E-state index in [0.717, 1.165) is 17.8 Å². The molecule has 1 saturated carbocycles. The molecule has 2 rings (SSSR count). The van der Waals surface area contributed by atoms with Crippen molar-refractivity contribution in [1.82, 2.24) is 0 Å². The Bertz CT molecular complexity index is 286. The molecule has 0 heterocycles. The summed E-state index contributed by atoms with van der Waals surface area (Å²) in [6, 6.07) is 10.8. The third-order valence-corrected chi connectivity index (χ3v) is 3.16. The van der Waals surface area contributed by atoms with Crippen molar-refractivity contribution in [2.75, 3.05) is 0 Å². The minimum atomic E-state index is 0.729. The average Bonchev–Trinajstić information content (AvgIpc) is 2.92. The molecule has 0 N–H and O–H groups in total. The van der Waals surface area contributed by atoms with Crippen molar-refractivity contribution in [3.8, 4) is 0 Å². The van der Waals surface area contributed by atoms with Crippen molar-refractivity contribution in [3.05, 3.63) is 48.6 Å². The molecule has 0 aliphatic heterocycles. The van der Waals surface area contributed by atoms with E-state index in [1.54, 1.807) is 0 Å². The second-order valence-electron chi connectivity index (χ2n) is 3.82. The molecule has 0 bridgehead atoms. The second kappa shape index (κ2) is 3.37. The average molecular weight is 172 g/mol. The molecule has 0 amide bonds. The third-order valence-electron chi connectivity index (χ3n) is 3.16. The van der Waals surface area contributed by atoms with E-state index in [1.165, 1.54) is 12.0 Å². The van der Waals surface area contributed by atoms with E-state index >= 15 is 0 Å². The Kier molecular flexibility index (Phi) is 2.22. The smallest absolute Gasteiger partial charge is 0.00622 e. The number of allylic oxidation sites excluding steroid dienone is 1. The zero-order chi connectivity index (χ0) is 9.26. The van der Waals surface area contributed by atoms with Crippen LogP contribution in [0.1, 0.15) is 24.8 Å². The molecule has 1 aromatic carbocycles. The van der Waals surface area contributed by atoms with Crippen LogP contribution < -0.4 is 0 Å². The Hall–Kier alpha value is -1.04. The SMILES string of the molecule is C=CC1C(CC)C1c1ccccc1. The molecule has 1 fully saturated rings. The molecule has 1 aliphatic rings. The molecule has 68 valence electrons. The van der Waals surface area contributed by atoms with Crippen molar-refractivity contribution >= 4 is 0 Å². The van der Waals surface area contributed by atoms with E-state index < -0.39 is 0 Å². The monoisotopic (exact) mass is 172 g/mol. The topological polar surface area (TPSA) is 0 Å². The lowest BCUT2D eigenvalue weighted by Gasteiger charge is -1.96. The van der Waals surface area contributed by atoms with Gasteiger partial charge in [0.25, 0.3) is 0 Å². The highest BCUT2D eigenvalue weighted by atomic mass is 14.5. The largest absolute Gasteiger partial charge is 0.103 e. The quantitative estimate of drug-likeness (QED) is 0.611. The van der Waals surface area contributed by atoms with Gasteiger partial charge in [-0.15, -0.1) is 6.58 Å². The first-order chi connectivity index (χ1) is 6.38. The van der Waals surface area contributed by atoms with Gasteiger partial charge in [-0.05, 0) is 23.3 Å². The maximum absolute atomic E-state index is 3.90. The molecule has 0 radical (unpaired) electrons. The van der Waals surface area contributed by atoms with E-state index in [9.17, 15) is 0 Å². The van der Waals surface area contributed by atoms with E-state index in [1.807, 2.05) is 0 Å². The molecule has 0 saturated heterocycles. The van der Waals surface area contributed by atoms with E-state index in [4.69, 9.17) is 0 Å². The lowest BCUT2D eigenvalue weighted by atomic mass is 10.1. The van der Waals surface area contributed by atoms with Gasteiger partial charge in [0.2, 0.25) is 0 Å². The first kappa shape index (κ1) is 8.55. The van der Waals surface area contributed by atoms with Crippen LogP contribution in [0.5, 0.6) is 0 Å². The van der Waals surface area contributed by atoms with E-state index in [2.05, 4.69) is 49.9 Å². The highest BCUT2D eigenvalue weighted by Crippen LogP contribution is 2.56. The zero-order valence-corrected chi connectivity index (χ0v) is 8.11. The molecule has 0 heteroatoms. The molecule has 0 spiro atoms. The fourth-order valence-corrected chi connectivity index (χ4v) is 2.39. The predicted octanol–water partition coefficient (Wildman–Crippen LogP) is 3.61. The number of rotatable bonds is 3. The zero-order valence-electron chi connectivity index (χ0n) is 8.11. The highest BCUT2D eigenvalue weighted by molar-refractivity contribution is 5.30. The lowest BCUT2D eigenvalue weighted by Crippen LogP contribution is -1.80. The summed E-state index contributed by atoms with van der Waals surface area (Å²) in [5.74, 6) is 2.33. The Morgan fingerprint density at radius 3 is 2.46 bits per heavy atom. The summed E-state index contributed by atoms with van der Waals surface area (Å²) in [4.78, 5) is 0. The molecule has 0 nitrogen and oxygen atoms in total. The van der Waals surface area contributed by atoms with Gasteiger partial charge in [-0.3, -0.25) is 0 Å². The van der Waals surface area contributed by atoms with Crippen LogP contribution in [0.3, 0.4) is 0 Å². The van der Waals surface area contributed by atoms with Crippen molar-refractivity contribution in [2.24, 2.45) is 11.8 Å². The molecule has 0 aromatic heterocycles. The summed E-state index contributed by atoms with van der Waals surface area (Å²) in [5, 5.41) is 0. The lowest BCUT2D eigenvalue weighted by molar-refractivity contribution is 0.742. The van der Waals surface area contributed by atoms with Crippen LogP contribution in [0.2, 0.25) is 0 Å². The van der Waals surface area contributed by atoms with Crippen LogP contribution in [-0.2, 0) is 0 Å². The molecule has 3 unspecified atom stereocenters. The third kappa shape index (κ3) is 1.41. The van der Waals surface area contributed by atoms with Gasteiger partial charge >= 0.3 is 0 Å². The fraction of sp³-hybridized carbons (Fsp3) is 0.385. The molecule has 1 aliphatic carbocycles. The maximum atomic E-state index is 3.90. The minimum absolute atomic E-state index is 0.729. The summed E-state index contributed by atoms with van der Waals surface area (Å²) in [7, 11) is 0.